The van der Waals surface area contributed by atoms with Gasteiger partial charge in [0, 0.05) is 49.4 Å². The highest BCUT2D eigenvalue weighted by molar-refractivity contribution is 6.31. The molecule has 1 aliphatic rings. The van der Waals surface area contributed by atoms with Gasteiger partial charge in [-0.15, -0.1) is 0 Å². The number of hydrogen-bond acceptors (Lipinski definition) is 7. The third-order valence-electron chi connectivity index (χ3n) is 6.10. The van der Waals surface area contributed by atoms with Gasteiger partial charge in [-0.3, -0.25) is 19.7 Å². The van der Waals surface area contributed by atoms with Crippen molar-refractivity contribution in [2.45, 2.75) is 19.9 Å². The summed E-state index contributed by atoms with van der Waals surface area (Å²) < 4.78 is 0. The first-order valence-corrected chi connectivity index (χ1v) is 11.8. The number of amides is 1. The summed E-state index contributed by atoms with van der Waals surface area (Å²) in [7, 11) is 2.02. The van der Waals surface area contributed by atoms with Crippen LogP contribution < -0.4 is 10.5 Å². The van der Waals surface area contributed by atoms with Gasteiger partial charge in [-0.2, -0.15) is 0 Å². The van der Waals surface area contributed by atoms with Gasteiger partial charge in [0.1, 0.15) is 11.5 Å². The summed E-state index contributed by atoms with van der Waals surface area (Å²) in [6, 6.07) is 9.44. The Bertz CT molecular complexity index is 1320. The van der Waals surface area contributed by atoms with Crippen molar-refractivity contribution in [2.75, 3.05) is 44.7 Å². The molecule has 184 valence electrons. The van der Waals surface area contributed by atoms with E-state index in [1.165, 1.54) is 11.0 Å². The molecule has 0 radical (unpaired) electrons. The lowest BCUT2D eigenvalue weighted by Crippen LogP contribution is -2.44. The van der Waals surface area contributed by atoms with Crippen molar-refractivity contribution in [3.8, 4) is 0 Å². The molecule has 0 atom stereocenters. The molecule has 0 unspecified atom stereocenters. The Balaban J connectivity index is 1.63. The van der Waals surface area contributed by atoms with E-state index in [1.807, 2.05) is 18.9 Å². The van der Waals surface area contributed by atoms with E-state index in [2.05, 4.69) is 14.9 Å². The Hall–Kier alpha value is -3.50. The van der Waals surface area contributed by atoms with Crippen LogP contribution in [-0.2, 0) is 6.54 Å². The number of carbonyl (C=O) groups excluding carboxylic acids is 1. The van der Waals surface area contributed by atoms with Gasteiger partial charge in [0.05, 0.1) is 22.4 Å². The highest BCUT2D eigenvalue weighted by Crippen LogP contribution is 2.30. The van der Waals surface area contributed by atoms with Gasteiger partial charge in [-0.25, -0.2) is 4.98 Å². The Morgan fingerprint density at radius 3 is 2.63 bits per heavy atom. The summed E-state index contributed by atoms with van der Waals surface area (Å²) in [5.74, 6) is -0.0520. The minimum Gasteiger partial charge on any atom is -0.363 e. The molecule has 4 rings (SSSR count). The van der Waals surface area contributed by atoms with E-state index < -0.39 is 4.92 Å². The van der Waals surface area contributed by atoms with Crippen molar-refractivity contribution in [1.29, 1.82) is 0 Å². The molecule has 1 saturated heterocycles. The number of aromatic nitrogens is 2. The van der Waals surface area contributed by atoms with Gasteiger partial charge < -0.3 is 19.7 Å². The summed E-state index contributed by atoms with van der Waals surface area (Å²) in [6.07, 6.45) is 0.664. The number of nitrogens with one attached hydrogen (secondary N) is 1. The fraction of sp³-hybridized carbons (Fsp3) is 0.375. The number of piperazine rings is 1. The van der Waals surface area contributed by atoms with E-state index in [-0.39, 0.29) is 29.3 Å². The number of fused-ring (bicyclic) bond motifs is 1. The number of hydrogen-bond donors (Lipinski definition) is 1. The molecule has 1 fully saturated rings. The number of aromatic amines is 1. The smallest absolute Gasteiger partial charge is 0.293 e. The van der Waals surface area contributed by atoms with Crippen LogP contribution in [0.2, 0.25) is 5.02 Å². The second-order valence-corrected chi connectivity index (χ2v) is 9.09. The normalized spacial score (nSPS) is 14.3. The van der Waals surface area contributed by atoms with Crippen LogP contribution >= 0.6 is 11.6 Å². The van der Waals surface area contributed by atoms with Crippen molar-refractivity contribution in [1.82, 2.24) is 19.8 Å². The van der Waals surface area contributed by atoms with Crippen LogP contribution in [0.25, 0.3) is 10.9 Å². The minimum atomic E-state index is -0.444. The third kappa shape index (κ3) is 5.44. The fourth-order valence-corrected chi connectivity index (χ4v) is 4.41. The lowest BCUT2D eigenvalue weighted by molar-refractivity contribution is -0.384. The van der Waals surface area contributed by atoms with Gasteiger partial charge in [0.2, 0.25) is 0 Å². The van der Waals surface area contributed by atoms with Crippen LogP contribution in [0.5, 0.6) is 0 Å². The lowest BCUT2D eigenvalue weighted by Gasteiger charge is -2.33. The Morgan fingerprint density at radius 2 is 1.94 bits per heavy atom. The molecule has 0 spiro atoms. The van der Waals surface area contributed by atoms with E-state index >= 15 is 0 Å². The monoisotopic (exact) mass is 498 g/mol. The van der Waals surface area contributed by atoms with Crippen LogP contribution in [-0.4, -0.2) is 70.4 Å². The second kappa shape index (κ2) is 10.4. The molecule has 10 nitrogen and oxygen atoms in total. The molecule has 35 heavy (non-hydrogen) atoms. The highest BCUT2D eigenvalue weighted by atomic mass is 35.5. The van der Waals surface area contributed by atoms with Crippen molar-refractivity contribution in [3.05, 3.63) is 73.3 Å². The maximum Gasteiger partial charge on any atom is 0.293 e. The van der Waals surface area contributed by atoms with Crippen molar-refractivity contribution < 1.29 is 9.72 Å². The largest absolute Gasteiger partial charge is 0.363 e. The SMILES string of the molecule is CCCN(Cc1nc2cc(Cl)ccc2c(=O)[nH]1)C(=O)c1ccc(N2CCN(C)CC2)c([N+](=O)[O-])c1. The standard InChI is InChI=1S/C24H27ClN6O4/c1-3-8-30(15-22-26-19-14-17(25)5-6-18(19)23(32)27-22)24(33)16-4-7-20(21(13-16)31(34)35)29-11-9-28(2)10-12-29/h4-7,13-14H,3,8-12,15H2,1-2H3,(H,26,27,32). The number of anilines is 1. The molecule has 1 N–H and O–H groups in total. The van der Waals surface area contributed by atoms with E-state index in [0.29, 0.717) is 53.5 Å². The van der Waals surface area contributed by atoms with E-state index in [9.17, 15) is 19.7 Å². The van der Waals surface area contributed by atoms with Crippen LogP contribution in [0.3, 0.4) is 0 Å². The molecule has 11 heteroatoms. The molecular weight excluding hydrogens is 472 g/mol. The second-order valence-electron chi connectivity index (χ2n) is 8.65. The van der Waals surface area contributed by atoms with E-state index in [0.717, 1.165) is 13.1 Å². The topological polar surface area (TPSA) is 116 Å². The average molecular weight is 499 g/mol. The number of nitrogens with zero attached hydrogens (tertiary/aromatic N) is 5. The molecule has 2 aromatic carbocycles. The number of nitro benzene ring substituents is 1. The molecular formula is C24H27ClN6O4. The maximum absolute atomic E-state index is 13.4. The molecule has 1 amide bonds. The molecule has 0 aliphatic carbocycles. The first kappa shape index (κ1) is 24.6. The fourth-order valence-electron chi connectivity index (χ4n) is 4.24. The summed E-state index contributed by atoms with van der Waals surface area (Å²) in [6.45, 7) is 5.35. The van der Waals surface area contributed by atoms with E-state index in [4.69, 9.17) is 11.6 Å². The quantitative estimate of drug-likeness (QED) is 0.392. The van der Waals surface area contributed by atoms with Crippen LogP contribution in [0, 0.1) is 10.1 Å². The zero-order valence-electron chi connectivity index (χ0n) is 19.7. The molecule has 0 bridgehead atoms. The third-order valence-corrected chi connectivity index (χ3v) is 6.34. The summed E-state index contributed by atoms with van der Waals surface area (Å²) in [5, 5.41) is 12.7. The predicted molar refractivity (Wildman–Crippen MR) is 135 cm³/mol. The number of likely N-dealkylation sites (N-methyl/N-ethyl adjacent to an activating group) is 1. The zero-order valence-corrected chi connectivity index (χ0v) is 20.4. The highest BCUT2D eigenvalue weighted by Gasteiger charge is 2.26. The van der Waals surface area contributed by atoms with Gasteiger partial charge in [-0.1, -0.05) is 18.5 Å². The van der Waals surface area contributed by atoms with Crippen molar-refractivity contribution in [3.63, 3.8) is 0 Å². The zero-order chi connectivity index (χ0) is 25.1. The van der Waals surface area contributed by atoms with Gasteiger partial charge in [0.15, 0.2) is 0 Å². The first-order valence-electron chi connectivity index (χ1n) is 11.5. The maximum atomic E-state index is 13.4. The summed E-state index contributed by atoms with van der Waals surface area (Å²) in [4.78, 5) is 50.2. The number of halogens is 1. The number of H-pyrrole nitrogens is 1. The number of rotatable bonds is 7. The van der Waals surface area contributed by atoms with Crippen molar-refractivity contribution >= 4 is 39.8 Å². The van der Waals surface area contributed by atoms with Crippen molar-refractivity contribution in [2.24, 2.45) is 0 Å². The van der Waals surface area contributed by atoms with Gasteiger partial charge >= 0.3 is 0 Å². The van der Waals surface area contributed by atoms with E-state index in [1.54, 1.807) is 30.3 Å². The van der Waals surface area contributed by atoms with Crippen LogP contribution in [0.4, 0.5) is 11.4 Å². The summed E-state index contributed by atoms with van der Waals surface area (Å²) >= 11 is 6.05. The van der Waals surface area contributed by atoms with Gasteiger partial charge in [-0.05, 0) is 43.8 Å². The molecule has 0 saturated carbocycles. The molecule has 2 heterocycles. The minimum absolute atomic E-state index is 0.0539. The first-order chi connectivity index (χ1) is 16.8. The Morgan fingerprint density at radius 1 is 1.20 bits per heavy atom. The molecule has 1 aliphatic heterocycles. The van der Waals surface area contributed by atoms with Crippen LogP contribution in [0.1, 0.15) is 29.5 Å². The predicted octanol–water partition coefficient (Wildman–Crippen LogP) is 3.29. The Labute approximate surface area is 207 Å². The molecule has 3 aromatic rings. The Kier molecular flexibility index (Phi) is 7.32. The lowest BCUT2D eigenvalue weighted by atomic mass is 10.1. The average Bonchev–Trinajstić information content (AvgIpc) is 2.83. The number of nitro groups is 1. The van der Waals surface area contributed by atoms with Crippen LogP contribution in [0.15, 0.2) is 41.2 Å². The number of carbonyl (C=O) groups is 1. The summed E-state index contributed by atoms with van der Waals surface area (Å²) in [5.41, 5.74) is 0.752. The molecule has 1 aromatic heterocycles. The van der Waals surface area contributed by atoms with Gasteiger partial charge in [0.25, 0.3) is 17.2 Å². The number of benzene rings is 2.